The molecule has 0 bridgehead atoms. The number of anilines is 1. The zero-order valence-corrected chi connectivity index (χ0v) is 10.6. The number of nitrogens with zero attached hydrogens (tertiary/aromatic N) is 1. The number of morpholine rings is 1. The predicted octanol–water partition coefficient (Wildman–Crippen LogP) is 2.36. The lowest BCUT2D eigenvalue weighted by Gasteiger charge is -2.38. The van der Waals surface area contributed by atoms with E-state index in [0.29, 0.717) is 6.04 Å². The Morgan fingerprint density at radius 1 is 1.47 bits per heavy atom. The fourth-order valence-electron chi connectivity index (χ4n) is 2.41. The Kier molecular flexibility index (Phi) is 4.02. The first-order chi connectivity index (χ1) is 8.24. The fraction of sp³-hybridized carbons (Fsp3) is 0.571. The summed E-state index contributed by atoms with van der Waals surface area (Å²) in [5, 5.41) is 9.84. The molecule has 94 valence electrons. The van der Waals surface area contributed by atoms with Crippen LogP contribution in [0.5, 0.6) is 0 Å². The summed E-state index contributed by atoms with van der Waals surface area (Å²) in [5.41, 5.74) is 2.16. The third-order valence-corrected chi connectivity index (χ3v) is 3.40. The molecule has 1 saturated heterocycles. The van der Waals surface area contributed by atoms with Crippen molar-refractivity contribution >= 4 is 5.69 Å². The van der Waals surface area contributed by atoms with Gasteiger partial charge in [0.2, 0.25) is 0 Å². The van der Waals surface area contributed by atoms with Gasteiger partial charge in [-0.1, -0.05) is 25.1 Å². The van der Waals surface area contributed by atoms with Crippen molar-refractivity contribution < 1.29 is 9.84 Å². The summed E-state index contributed by atoms with van der Waals surface area (Å²) < 4.78 is 5.52. The quantitative estimate of drug-likeness (QED) is 0.873. The third kappa shape index (κ3) is 2.61. The van der Waals surface area contributed by atoms with Crippen molar-refractivity contribution in [1.29, 1.82) is 0 Å². The van der Waals surface area contributed by atoms with Gasteiger partial charge in [-0.15, -0.1) is 0 Å². The van der Waals surface area contributed by atoms with Crippen molar-refractivity contribution in [2.75, 3.05) is 24.7 Å². The van der Waals surface area contributed by atoms with Crippen LogP contribution < -0.4 is 4.90 Å². The van der Waals surface area contributed by atoms with Crippen molar-refractivity contribution in [2.24, 2.45) is 0 Å². The molecule has 2 unspecified atom stereocenters. The van der Waals surface area contributed by atoms with E-state index in [9.17, 15) is 5.11 Å². The minimum atomic E-state index is -0.424. The van der Waals surface area contributed by atoms with Crippen LogP contribution in [0.1, 0.15) is 31.9 Å². The van der Waals surface area contributed by atoms with E-state index in [0.717, 1.165) is 37.4 Å². The van der Waals surface area contributed by atoms with Gasteiger partial charge >= 0.3 is 0 Å². The SMILES string of the molecule is CCC1COCCN1c1ccccc1C(C)O. The van der Waals surface area contributed by atoms with E-state index in [4.69, 9.17) is 4.74 Å². The van der Waals surface area contributed by atoms with Crippen molar-refractivity contribution in [3.05, 3.63) is 29.8 Å². The van der Waals surface area contributed by atoms with E-state index in [1.165, 1.54) is 0 Å². The molecule has 3 nitrogen and oxygen atoms in total. The van der Waals surface area contributed by atoms with Gasteiger partial charge in [0.1, 0.15) is 0 Å². The van der Waals surface area contributed by atoms with Crippen molar-refractivity contribution in [2.45, 2.75) is 32.4 Å². The summed E-state index contributed by atoms with van der Waals surface area (Å²) in [5.74, 6) is 0. The molecule has 0 saturated carbocycles. The van der Waals surface area contributed by atoms with Crippen LogP contribution in [0, 0.1) is 0 Å². The Morgan fingerprint density at radius 2 is 2.24 bits per heavy atom. The highest BCUT2D eigenvalue weighted by atomic mass is 16.5. The summed E-state index contributed by atoms with van der Waals surface area (Å²) in [4.78, 5) is 2.37. The maximum Gasteiger partial charge on any atom is 0.0781 e. The van der Waals surface area contributed by atoms with E-state index in [2.05, 4.69) is 17.9 Å². The Hall–Kier alpha value is -1.06. The van der Waals surface area contributed by atoms with Gasteiger partial charge in [-0.25, -0.2) is 0 Å². The topological polar surface area (TPSA) is 32.7 Å². The second kappa shape index (κ2) is 5.52. The minimum Gasteiger partial charge on any atom is -0.389 e. The van der Waals surface area contributed by atoms with Gasteiger partial charge in [-0.2, -0.15) is 0 Å². The van der Waals surface area contributed by atoms with Crippen LogP contribution in [0.3, 0.4) is 0 Å². The molecule has 2 atom stereocenters. The zero-order chi connectivity index (χ0) is 12.3. The fourth-order valence-corrected chi connectivity index (χ4v) is 2.41. The second-order valence-electron chi connectivity index (χ2n) is 4.57. The number of para-hydroxylation sites is 1. The molecule has 3 heteroatoms. The van der Waals surface area contributed by atoms with Crippen molar-refractivity contribution in [3.8, 4) is 0 Å². The molecule has 1 aliphatic heterocycles. The number of aliphatic hydroxyl groups is 1. The Balaban J connectivity index is 2.31. The van der Waals surface area contributed by atoms with E-state index in [1.807, 2.05) is 25.1 Å². The first-order valence-corrected chi connectivity index (χ1v) is 6.35. The lowest BCUT2D eigenvalue weighted by Crippen LogP contribution is -2.45. The molecule has 0 aromatic heterocycles. The van der Waals surface area contributed by atoms with Crippen LogP contribution in [0.25, 0.3) is 0 Å². The van der Waals surface area contributed by atoms with E-state index >= 15 is 0 Å². The lowest BCUT2D eigenvalue weighted by molar-refractivity contribution is 0.0925. The monoisotopic (exact) mass is 235 g/mol. The molecular formula is C14H21NO2. The number of hydrogen-bond acceptors (Lipinski definition) is 3. The molecule has 1 aromatic rings. The van der Waals surface area contributed by atoms with Crippen LogP contribution >= 0.6 is 0 Å². The molecule has 0 radical (unpaired) electrons. The molecule has 1 fully saturated rings. The van der Waals surface area contributed by atoms with Crippen molar-refractivity contribution in [3.63, 3.8) is 0 Å². The zero-order valence-electron chi connectivity index (χ0n) is 10.6. The Morgan fingerprint density at radius 3 is 2.94 bits per heavy atom. The van der Waals surface area contributed by atoms with E-state index < -0.39 is 6.10 Å². The third-order valence-electron chi connectivity index (χ3n) is 3.40. The smallest absolute Gasteiger partial charge is 0.0781 e. The average molecular weight is 235 g/mol. The maximum atomic E-state index is 9.84. The van der Waals surface area contributed by atoms with Gasteiger partial charge < -0.3 is 14.7 Å². The molecule has 17 heavy (non-hydrogen) atoms. The standard InChI is InChI=1S/C14H21NO2/c1-3-12-10-17-9-8-15(12)14-7-5-4-6-13(14)11(2)16/h4-7,11-12,16H,3,8-10H2,1-2H3. The van der Waals surface area contributed by atoms with E-state index in [-0.39, 0.29) is 0 Å². The summed E-state index contributed by atoms with van der Waals surface area (Å²) in [7, 11) is 0. The summed E-state index contributed by atoms with van der Waals surface area (Å²) in [6.45, 7) is 6.45. The van der Waals surface area contributed by atoms with Crippen LogP contribution in [-0.4, -0.2) is 30.9 Å². The van der Waals surface area contributed by atoms with Crippen molar-refractivity contribution in [1.82, 2.24) is 0 Å². The average Bonchev–Trinajstić information content (AvgIpc) is 2.38. The summed E-state index contributed by atoms with van der Waals surface area (Å²) in [6, 6.07) is 8.53. The molecule has 0 spiro atoms. The number of rotatable bonds is 3. The highest BCUT2D eigenvalue weighted by Crippen LogP contribution is 2.29. The van der Waals surface area contributed by atoms with Crippen LogP contribution in [-0.2, 0) is 4.74 Å². The molecule has 2 rings (SSSR count). The van der Waals surface area contributed by atoms with Gasteiger partial charge in [0.05, 0.1) is 25.4 Å². The number of benzene rings is 1. The molecular weight excluding hydrogens is 214 g/mol. The molecule has 1 aliphatic rings. The van der Waals surface area contributed by atoms with Crippen LogP contribution in [0.15, 0.2) is 24.3 Å². The molecule has 1 aromatic carbocycles. The largest absolute Gasteiger partial charge is 0.389 e. The second-order valence-corrected chi connectivity index (χ2v) is 4.57. The summed E-state index contributed by atoms with van der Waals surface area (Å²) in [6.07, 6.45) is 0.639. The van der Waals surface area contributed by atoms with Crippen LogP contribution in [0.2, 0.25) is 0 Å². The molecule has 0 aliphatic carbocycles. The van der Waals surface area contributed by atoms with Gasteiger partial charge in [0.25, 0.3) is 0 Å². The van der Waals surface area contributed by atoms with Gasteiger partial charge in [-0.3, -0.25) is 0 Å². The first-order valence-electron chi connectivity index (χ1n) is 6.35. The van der Waals surface area contributed by atoms with Crippen LogP contribution in [0.4, 0.5) is 5.69 Å². The minimum absolute atomic E-state index is 0.420. The predicted molar refractivity (Wildman–Crippen MR) is 69.3 cm³/mol. The Bertz CT molecular complexity index is 365. The normalized spacial score (nSPS) is 22.5. The van der Waals surface area contributed by atoms with E-state index in [1.54, 1.807) is 0 Å². The maximum absolute atomic E-state index is 9.84. The highest BCUT2D eigenvalue weighted by molar-refractivity contribution is 5.55. The highest BCUT2D eigenvalue weighted by Gasteiger charge is 2.24. The molecule has 0 amide bonds. The summed E-state index contributed by atoms with van der Waals surface area (Å²) >= 11 is 0. The lowest BCUT2D eigenvalue weighted by atomic mass is 10.0. The molecule has 1 N–H and O–H groups in total. The first kappa shape index (κ1) is 12.4. The number of aliphatic hydroxyl groups excluding tert-OH is 1. The number of hydrogen-bond donors (Lipinski definition) is 1. The number of ether oxygens (including phenoxy) is 1. The van der Waals surface area contributed by atoms with Gasteiger partial charge in [0, 0.05) is 17.8 Å². The van der Waals surface area contributed by atoms with Gasteiger partial charge in [-0.05, 0) is 19.4 Å². The van der Waals surface area contributed by atoms with Gasteiger partial charge in [0.15, 0.2) is 0 Å². The molecule has 1 heterocycles. The Labute approximate surface area is 103 Å².